The molecule has 1 atom stereocenters. The molecule has 2 amide bonds. The fraction of sp³-hybridized carbons (Fsp3) is 0.355. The van der Waals surface area contributed by atoms with E-state index < -0.39 is 28.5 Å². The molecular weight excluding hydrogens is 546 g/mol. The molecule has 7 nitrogen and oxygen atoms in total. The highest BCUT2D eigenvalue weighted by Gasteiger charge is 2.33. The average molecular weight is 584 g/mol. The number of carbonyl (C=O) groups is 2. The van der Waals surface area contributed by atoms with Crippen molar-refractivity contribution in [1.82, 2.24) is 10.2 Å². The van der Waals surface area contributed by atoms with E-state index in [9.17, 15) is 18.0 Å². The van der Waals surface area contributed by atoms with Crippen LogP contribution in [0.5, 0.6) is 0 Å². The second-order valence-electron chi connectivity index (χ2n) is 10.0. The van der Waals surface area contributed by atoms with Crippen LogP contribution >= 0.6 is 11.6 Å². The molecule has 0 fully saturated rings. The van der Waals surface area contributed by atoms with Gasteiger partial charge >= 0.3 is 0 Å². The van der Waals surface area contributed by atoms with Gasteiger partial charge in [0.1, 0.15) is 12.6 Å². The van der Waals surface area contributed by atoms with E-state index >= 15 is 0 Å². The Kier molecular flexibility index (Phi) is 10.8. The molecule has 1 N–H and O–H groups in total. The zero-order chi connectivity index (χ0) is 29.4. The lowest BCUT2D eigenvalue weighted by molar-refractivity contribution is -0.139. The Morgan fingerprint density at radius 3 is 2.27 bits per heavy atom. The molecule has 0 aliphatic heterocycles. The van der Waals surface area contributed by atoms with E-state index in [1.807, 2.05) is 45.0 Å². The van der Waals surface area contributed by atoms with Crippen molar-refractivity contribution >= 4 is 39.1 Å². The van der Waals surface area contributed by atoms with Crippen molar-refractivity contribution in [1.29, 1.82) is 0 Å². The summed E-state index contributed by atoms with van der Waals surface area (Å²) in [5.41, 5.74) is 3.69. The number of aryl methyl sites for hydroxylation is 3. The predicted octanol–water partition coefficient (Wildman–Crippen LogP) is 5.79. The Balaban J connectivity index is 2.05. The quantitative estimate of drug-likeness (QED) is 0.273. The molecule has 214 valence electrons. The molecule has 9 heteroatoms. The van der Waals surface area contributed by atoms with Crippen LogP contribution in [-0.4, -0.2) is 44.3 Å². The zero-order valence-corrected chi connectivity index (χ0v) is 25.3. The van der Waals surface area contributed by atoms with Crippen LogP contribution in [0.1, 0.15) is 48.9 Å². The van der Waals surface area contributed by atoms with Crippen molar-refractivity contribution in [3.8, 4) is 0 Å². The second kappa shape index (κ2) is 13.8. The Labute approximate surface area is 243 Å². The summed E-state index contributed by atoms with van der Waals surface area (Å²) in [5, 5.41) is 3.24. The highest BCUT2D eigenvalue weighted by Crippen LogP contribution is 2.30. The van der Waals surface area contributed by atoms with Crippen LogP contribution in [0, 0.1) is 20.8 Å². The third-order valence-corrected chi connectivity index (χ3v) is 8.94. The van der Waals surface area contributed by atoms with Gasteiger partial charge in [0.05, 0.1) is 10.6 Å². The summed E-state index contributed by atoms with van der Waals surface area (Å²) in [4.78, 5) is 28.6. The molecule has 0 bridgehead atoms. The Morgan fingerprint density at radius 2 is 1.62 bits per heavy atom. The summed E-state index contributed by atoms with van der Waals surface area (Å²) in [6, 6.07) is 18.2. The van der Waals surface area contributed by atoms with E-state index in [1.165, 1.54) is 17.0 Å². The number of unbranched alkanes of at least 4 members (excludes halogenated alkanes) is 1. The normalized spacial score (nSPS) is 12.1. The first kappa shape index (κ1) is 31.2. The number of hydrogen-bond acceptors (Lipinski definition) is 4. The standard InChI is InChI=1S/C31H38ClN3O4S/c1-6-7-18-33-31(37)25(5)34(20-26-11-9-8-10-23(26)3)30(36)21-35(29-19-27(32)15-14-24(29)4)40(38,39)28-16-12-22(2)13-17-28/h8-17,19,25H,6-7,18,20-21H2,1-5H3,(H,33,37)/t25-/m0/s1. The van der Waals surface area contributed by atoms with Gasteiger partial charge in [0.25, 0.3) is 10.0 Å². The first-order valence-corrected chi connectivity index (χ1v) is 15.2. The van der Waals surface area contributed by atoms with Crippen molar-refractivity contribution in [3.05, 3.63) is 94.0 Å². The molecule has 0 saturated carbocycles. The lowest BCUT2D eigenvalue weighted by Crippen LogP contribution is -2.51. The van der Waals surface area contributed by atoms with Gasteiger partial charge < -0.3 is 10.2 Å². The summed E-state index contributed by atoms with van der Waals surface area (Å²) in [7, 11) is -4.16. The van der Waals surface area contributed by atoms with Gasteiger partial charge in [0, 0.05) is 18.1 Å². The topological polar surface area (TPSA) is 86.8 Å². The molecular formula is C31H38ClN3O4S. The summed E-state index contributed by atoms with van der Waals surface area (Å²) in [6.07, 6.45) is 1.74. The third-order valence-electron chi connectivity index (χ3n) is 6.93. The van der Waals surface area contributed by atoms with Gasteiger partial charge in [-0.05, 0) is 75.1 Å². The molecule has 0 saturated heterocycles. The van der Waals surface area contributed by atoms with Crippen molar-refractivity contribution in [2.75, 3.05) is 17.4 Å². The van der Waals surface area contributed by atoms with Crippen molar-refractivity contribution in [3.63, 3.8) is 0 Å². The first-order valence-electron chi connectivity index (χ1n) is 13.4. The molecule has 0 aliphatic rings. The van der Waals surface area contributed by atoms with Crippen LogP contribution in [0.25, 0.3) is 0 Å². The van der Waals surface area contributed by atoms with Gasteiger partial charge in [-0.25, -0.2) is 8.42 Å². The number of carbonyl (C=O) groups excluding carboxylic acids is 2. The number of sulfonamides is 1. The first-order chi connectivity index (χ1) is 18.9. The molecule has 0 aliphatic carbocycles. The molecule has 0 radical (unpaired) electrons. The molecule has 0 unspecified atom stereocenters. The Morgan fingerprint density at radius 1 is 0.950 bits per heavy atom. The third kappa shape index (κ3) is 7.64. The highest BCUT2D eigenvalue weighted by molar-refractivity contribution is 7.92. The zero-order valence-electron chi connectivity index (χ0n) is 23.8. The van der Waals surface area contributed by atoms with E-state index in [0.717, 1.165) is 33.8 Å². The van der Waals surface area contributed by atoms with Crippen LogP contribution in [0.3, 0.4) is 0 Å². The molecule has 40 heavy (non-hydrogen) atoms. The lowest BCUT2D eigenvalue weighted by Gasteiger charge is -2.32. The maximum atomic E-state index is 14.1. The van der Waals surface area contributed by atoms with Gasteiger partial charge in [0.15, 0.2) is 0 Å². The Hall–Kier alpha value is -3.36. The van der Waals surface area contributed by atoms with Crippen molar-refractivity contribution in [2.24, 2.45) is 0 Å². The molecule has 0 spiro atoms. The maximum Gasteiger partial charge on any atom is 0.264 e. The predicted molar refractivity (Wildman–Crippen MR) is 161 cm³/mol. The second-order valence-corrected chi connectivity index (χ2v) is 12.3. The minimum atomic E-state index is -4.16. The van der Waals surface area contributed by atoms with Crippen LogP contribution in [0.15, 0.2) is 71.6 Å². The van der Waals surface area contributed by atoms with Gasteiger partial charge in [-0.15, -0.1) is 0 Å². The average Bonchev–Trinajstić information content (AvgIpc) is 2.92. The summed E-state index contributed by atoms with van der Waals surface area (Å²) >= 11 is 6.28. The maximum absolute atomic E-state index is 14.1. The minimum absolute atomic E-state index is 0.0566. The number of anilines is 1. The molecule has 0 heterocycles. The largest absolute Gasteiger partial charge is 0.354 e. The van der Waals surface area contributed by atoms with E-state index in [1.54, 1.807) is 44.2 Å². The van der Waals surface area contributed by atoms with Gasteiger partial charge in [0.2, 0.25) is 11.8 Å². The summed E-state index contributed by atoms with van der Waals surface area (Å²) in [6.45, 7) is 9.43. The SMILES string of the molecule is CCCCNC(=O)[C@H](C)N(Cc1ccccc1C)C(=O)CN(c1cc(Cl)ccc1C)S(=O)(=O)c1ccc(C)cc1. The number of nitrogens with one attached hydrogen (secondary N) is 1. The molecule has 0 aromatic heterocycles. The van der Waals surface area contributed by atoms with Crippen LogP contribution in [-0.2, 0) is 26.2 Å². The van der Waals surface area contributed by atoms with Crippen molar-refractivity contribution in [2.45, 2.75) is 64.9 Å². The lowest BCUT2D eigenvalue weighted by atomic mass is 10.1. The van der Waals surface area contributed by atoms with Gasteiger partial charge in [-0.3, -0.25) is 13.9 Å². The Bertz CT molecular complexity index is 1440. The summed E-state index contributed by atoms with van der Waals surface area (Å²) in [5.74, 6) is -0.793. The van der Waals surface area contributed by atoms with Crippen LogP contribution in [0.4, 0.5) is 5.69 Å². The van der Waals surface area contributed by atoms with E-state index in [2.05, 4.69) is 5.32 Å². The van der Waals surface area contributed by atoms with Crippen LogP contribution in [0.2, 0.25) is 5.02 Å². The molecule has 3 aromatic rings. The number of benzene rings is 3. The highest BCUT2D eigenvalue weighted by atomic mass is 35.5. The number of rotatable bonds is 12. The van der Waals surface area contributed by atoms with Gasteiger partial charge in [-0.2, -0.15) is 0 Å². The van der Waals surface area contributed by atoms with Crippen molar-refractivity contribution < 1.29 is 18.0 Å². The minimum Gasteiger partial charge on any atom is -0.354 e. The number of nitrogens with zero attached hydrogens (tertiary/aromatic N) is 2. The van der Waals surface area contributed by atoms with Crippen LogP contribution < -0.4 is 9.62 Å². The molecule has 3 rings (SSSR count). The van der Waals surface area contributed by atoms with E-state index in [4.69, 9.17) is 11.6 Å². The molecule has 3 aromatic carbocycles. The number of halogens is 1. The number of hydrogen-bond donors (Lipinski definition) is 1. The van der Waals surface area contributed by atoms with E-state index in [0.29, 0.717) is 22.8 Å². The fourth-order valence-electron chi connectivity index (χ4n) is 4.29. The fourth-order valence-corrected chi connectivity index (χ4v) is 5.93. The summed E-state index contributed by atoms with van der Waals surface area (Å²) < 4.78 is 29.1. The monoisotopic (exact) mass is 583 g/mol. The smallest absolute Gasteiger partial charge is 0.264 e. The number of amides is 2. The van der Waals surface area contributed by atoms with E-state index in [-0.39, 0.29) is 17.3 Å². The van der Waals surface area contributed by atoms with Gasteiger partial charge in [-0.1, -0.05) is 73.0 Å².